The Bertz CT molecular complexity index is 701. The van der Waals surface area contributed by atoms with E-state index in [9.17, 15) is 9.59 Å². The van der Waals surface area contributed by atoms with Crippen molar-refractivity contribution in [3.8, 4) is 0 Å². The fraction of sp³-hybridized carbons (Fsp3) is 0.188. The van der Waals surface area contributed by atoms with E-state index in [1.807, 2.05) is 30.3 Å². The number of carbonyl (C=O) groups excluding carboxylic acids is 2. The monoisotopic (exact) mass is 345 g/mol. The summed E-state index contributed by atoms with van der Waals surface area (Å²) >= 11 is 2.93. The maximum absolute atomic E-state index is 12.4. The van der Waals surface area contributed by atoms with Crippen LogP contribution in [0.5, 0.6) is 0 Å². The van der Waals surface area contributed by atoms with Gasteiger partial charge in [-0.2, -0.15) is 0 Å². The molecular formula is C16H15N3O2S2. The summed E-state index contributed by atoms with van der Waals surface area (Å²) in [5.41, 5.74) is 0.955. The Morgan fingerprint density at radius 3 is 2.87 bits per heavy atom. The second-order valence-corrected chi connectivity index (χ2v) is 6.79. The van der Waals surface area contributed by atoms with E-state index in [-0.39, 0.29) is 11.8 Å². The predicted octanol–water partition coefficient (Wildman–Crippen LogP) is 2.70. The standard InChI is InChI=1S/C16H15N3O2S2/c20-14(7-6-12-4-2-1-3-5-12)19-11-22-10-13(19)15(21)18-16-17-8-9-23-16/h1-9,13H,10-11H2,(H,17,18,21)/b7-6+. The molecule has 0 bridgehead atoms. The van der Waals surface area contributed by atoms with Gasteiger partial charge in [0.1, 0.15) is 6.04 Å². The van der Waals surface area contributed by atoms with Crippen LogP contribution >= 0.6 is 23.1 Å². The van der Waals surface area contributed by atoms with Crippen molar-refractivity contribution in [3.63, 3.8) is 0 Å². The first-order valence-corrected chi connectivity index (χ1v) is 9.09. The van der Waals surface area contributed by atoms with E-state index in [1.54, 1.807) is 34.3 Å². The number of carbonyl (C=O) groups is 2. The number of thioether (sulfide) groups is 1. The lowest BCUT2D eigenvalue weighted by Crippen LogP contribution is -2.43. The molecule has 5 nitrogen and oxygen atoms in total. The molecule has 1 aliphatic rings. The molecule has 2 aromatic rings. The van der Waals surface area contributed by atoms with Gasteiger partial charge in [-0.25, -0.2) is 4.98 Å². The molecule has 0 aliphatic carbocycles. The van der Waals surface area contributed by atoms with E-state index in [0.29, 0.717) is 16.8 Å². The minimum absolute atomic E-state index is 0.154. The molecule has 1 unspecified atom stereocenters. The van der Waals surface area contributed by atoms with E-state index in [2.05, 4.69) is 10.3 Å². The van der Waals surface area contributed by atoms with Crippen LogP contribution in [0.4, 0.5) is 5.13 Å². The number of amides is 2. The third-order valence-corrected chi connectivity index (χ3v) is 5.05. The summed E-state index contributed by atoms with van der Waals surface area (Å²) in [5, 5.41) is 5.11. The summed E-state index contributed by atoms with van der Waals surface area (Å²) < 4.78 is 0. The highest BCUT2D eigenvalue weighted by molar-refractivity contribution is 7.99. The van der Waals surface area contributed by atoms with Crippen LogP contribution in [0, 0.1) is 0 Å². The quantitative estimate of drug-likeness (QED) is 0.866. The molecule has 2 heterocycles. The first kappa shape index (κ1) is 15.8. The summed E-state index contributed by atoms with van der Waals surface area (Å²) in [6.45, 7) is 0. The minimum Gasteiger partial charge on any atom is -0.317 e. The molecule has 23 heavy (non-hydrogen) atoms. The first-order valence-electron chi connectivity index (χ1n) is 7.06. The highest BCUT2D eigenvalue weighted by atomic mass is 32.2. The third kappa shape index (κ3) is 4.00. The molecule has 3 rings (SSSR count). The molecule has 1 aliphatic heterocycles. The number of nitrogens with zero attached hydrogens (tertiary/aromatic N) is 2. The summed E-state index contributed by atoms with van der Waals surface area (Å²) in [7, 11) is 0. The SMILES string of the molecule is O=C(Nc1nccs1)C1CSCN1C(=O)/C=C/c1ccccc1. The predicted molar refractivity (Wildman–Crippen MR) is 94.2 cm³/mol. The summed E-state index contributed by atoms with van der Waals surface area (Å²) in [6, 6.07) is 9.15. The van der Waals surface area contributed by atoms with E-state index >= 15 is 0 Å². The van der Waals surface area contributed by atoms with Crippen molar-refractivity contribution in [2.24, 2.45) is 0 Å². The molecular weight excluding hydrogens is 330 g/mol. The van der Waals surface area contributed by atoms with Gasteiger partial charge < -0.3 is 10.2 Å². The fourth-order valence-electron chi connectivity index (χ4n) is 2.18. The Morgan fingerprint density at radius 1 is 1.30 bits per heavy atom. The third-order valence-electron chi connectivity index (χ3n) is 3.35. The van der Waals surface area contributed by atoms with Gasteiger partial charge >= 0.3 is 0 Å². The molecule has 1 saturated heterocycles. The molecule has 1 N–H and O–H groups in total. The van der Waals surface area contributed by atoms with Crippen molar-refractivity contribution in [1.29, 1.82) is 0 Å². The second-order valence-electron chi connectivity index (χ2n) is 4.89. The number of hydrogen-bond acceptors (Lipinski definition) is 5. The van der Waals surface area contributed by atoms with Gasteiger partial charge in [0, 0.05) is 23.4 Å². The van der Waals surface area contributed by atoms with Gasteiger partial charge in [-0.05, 0) is 11.6 Å². The van der Waals surface area contributed by atoms with Gasteiger partial charge in [0.2, 0.25) is 11.8 Å². The van der Waals surface area contributed by atoms with Crippen molar-refractivity contribution in [3.05, 3.63) is 53.5 Å². The Hall–Kier alpha value is -2.12. The first-order chi connectivity index (χ1) is 11.2. The zero-order chi connectivity index (χ0) is 16.1. The van der Waals surface area contributed by atoms with Gasteiger partial charge in [0.05, 0.1) is 5.88 Å². The normalized spacial score (nSPS) is 17.6. The average molecular weight is 345 g/mol. The average Bonchev–Trinajstić information content (AvgIpc) is 3.24. The lowest BCUT2D eigenvalue weighted by atomic mass is 10.2. The number of anilines is 1. The van der Waals surface area contributed by atoms with Crippen LogP contribution in [0.2, 0.25) is 0 Å². The van der Waals surface area contributed by atoms with Crippen LogP contribution in [-0.2, 0) is 9.59 Å². The van der Waals surface area contributed by atoms with Crippen LogP contribution in [0.25, 0.3) is 6.08 Å². The van der Waals surface area contributed by atoms with Crippen molar-refractivity contribution in [2.45, 2.75) is 6.04 Å². The lowest BCUT2D eigenvalue weighted by molar-refractivity contribution is -0.132. The maximum atomic E-state index is 12.4. The molecule has 1 fully saturated rings. The highest BCUT2D eigenvalue weighted by Gasteiger charge is 2.33. The molecule has 0 radical (unpaired) electrons. The van der Waals surface area contributed by atoms with Crippen LogP contribution in [-0.4, -0.2) is 39.4 Å². The molecule has 0 spiro atoms. The Labute approximate surface area is 142 Å². The van der Waals surface area contributed by atoms with Gasteiger partial charge in [0.25, 0.3) is 0 Å². The molecule has 118 valence electrons. The van der Waals surface area contributed by atoms with E-state index in [0.717, 1.165) is 5.56 Å². The van der Waals surface area contributed by atoms with Crippen LogP contribution in [0.3, 0.4) is 0 Å². The smallest absolute Gasteiger partial charge is 0.249 e. The molecule has 0 saturated carbocycles. The molecule has 2 amide bonds. The largest absolute Gasteiger partial charge is 0.317 e. The number of benzene rings is 1. The van der Waals surface area contributed by atoms with Crippen LogP contribution in [0.15, 0.2) is 48.0 Å². The van der Waals surface area contributed by atoms with E-state index < -0.39 is 6.04 Å². The lowest BCUT2D eigenvalue weighted by Gasteiger charge is -2.21. The number of nitrogens with one attached hydrogen (secondary N) is 1. The number of thiazole rings is 1. The molecule has 1 aromatic carbocycles. The van der Waals surface area contributed by atoms with Crippen LogP contribution < -0.4 is 5.32 Å². The summed E-state index contributed by atoms with van der Waals surface area (Å²) in [5.74, 6) is 0.778. The zero-order valence-electron chi connectivity index (χ0n) is 12.2. The van der Waals surface area contributed by atoms with Gasteiger partial charge in [-0.1, -0.05) is 30.3 Å². The minimum atomic E-state index is -0.461. The van der Waals surface area contributed by atoms with Gasteiger partial charge in [-0.15, -0.1) is 23.1 Å². The second kappa shape index (κ2) is 7.43. The number of hydrogen-bond donors (Lipinski definition) is 1. The van der Waals surface area contributed by atoms with Crippen molar-refractivity contribution < 1.29 is 9.59 Å². The summed E-state index contributed by atoms with van der Waals surface area (Å²) in [4.78, 5) is 30.3. The fourth-order valence-corrected chi connectivity index (χ4v) is 3.87. The number of rotatable bonds is 4. The molecule has 1 atom stereocenters. The van der Waals surface area contributed by atoms with Crippen molar-refractivity contribution >= 4 is 46.1 Å². The molecule has 1 aromatic heterocycles. The number of aromatic nitrogens is 1. The summed E-state index contributed by atoms with van der Waals surface area (Å²) in [6.07, 6.45) is 4.92. The van der Waals surface area contributed by atoms with Crippen molar-refractivity contribution in [1.82, 2.24) is 9.88 Å². The molecule has 7 heteroatoms. The van der Waals surface area contributed by atoms with Crippen LogP contribution in [0.1, 0.15) is 5.56 Å². The van der Waals surface area contributed by atoms with Crippen molar-refractivity contribution in [2.75, 3.05) is 16.9 Å². The Kier molecular flexibility index (Phi) is 5.09. The van der Waals surface area contributed by atoms with Gasteiger partial charge in [0.15, 0.2) is 5.13 Å². The highest BCUT2D eigenvalue weighted by Crippen LogP contribution is 2.23. The Balaban J connectivity index is 1.65. The topological polar surface area (TPSA) is 62.3 Å². The Morgan fingerprint density at radius 2 is 2.13 bits per heavy atom. The van der Waals surface area contributed by atoms with E-state index in [1.165, 1.54) is 17.4 Å². The van der Waals surface area contributed by atoms with Gasteiger partial charge in [-0.3, -0.25) is 9.59 Å². The van der Waals surface area contributed by atoms with E-state index in [4.69, 9.17) is 0 Å². The maximum Gasteiger partial charge on any atom is 0.249 e. The zero-order valence-corrected chi connectivity index (χ0v) is 13.8.